The van der Waals surface area contributed by atoms with Crippen molar-refractivity contribution in [2.75, 3.05) is 5.32 Å². The molecule has 0 aliphatic heterocycles. The molecule has 0 aliphatic rings. The molecule has 0 saturated heterocycles. The number of nitrogens with one attached hydrogen (secondary N) is 1. The Kier molecular flexibility index (Phi) is 2.77. The second kappa shape index (κ2) is 4.04. The highest BCUT2D eigenvalue weighted by Gasteiger charge is 2.03. The van der Waals surface area contributed by atoms with E-state index in [0.29, 0.717) is 11.0 Å². The van der Waals surface area contributed by atoms with Crippen molar-refractivity contribution in [1.82, 2.24) is 8.75 Å². The van der Waals surface area contributed by atoms with Crippen LogP contribution in [0, 0.1) is 0 Å². The monoisotopic (exact) mass is 231 g/mol. The van der Waals surface area contributed by atoms with Crippen LogP contribution in [0.5, 0.6) is 0 Å². The van der Waals surface area contributed by atoms with Crippen LogP contribution in [0.1, 0.15) is 5.56 Å². The smallest absolute Gasteiger partial charge is 0.186 e. The van der Waals surface area contributed by atoms with E-state index in [2.05, 4.69) is 25.5 Å². The molecular weight excluding hydrogens is 226 g/mol. The maximum Gasteiger partial charge on any atom is 0.186 e. The van der Waals surface area contributed by atoms with Gasteiger partial charge in [-0.3, -0.25) is 0 Å². The molecule has 68 valence electrons. The zero-order valence-corrected chi connectivity index (χ0v) is 8.92. The molecule has 13 heavy (non-hydrogen) atoms. The molecular formula is C7H6ClN3S2. The minimum atomic E-state index is 0.445. The molecule has 2 heterocycles. The van der Waals surface area contributed by atoms with Crippen LogP contribution in [-0.4, -0.2) is 8.75 Å². The Labute approximate surface area is 88.7 Å². The van der Waals surface area contributed by atoms with Gasteiger partial charge in [0.1, 0.15) is 0 Å². The van der Waals surface area contributed by atoms with Crippen LogP contribution in [-0.2, 0) is 6.54 Å². The van der Waals surface area contributed by atoms with Crippen LogP contribution >= 0.6 is 34.7 Å². The second-order valence-electron chi connectivity index (χ2n) is 2.39. The summed E-state index contributed by atoms with van der Waals surface area (Å²) in [6, 6.07) is 2.06. The third-order valence-corrected chi connectivity index (χ3v) is 3.11. The average Bonchev–Trinajstić information content (AvgIpc) is 2.72. The summed E-state index contributed by atoms with van der Waals surface area (Å²) in [7, 11) is 0. The lowest BCUT2D eigenvalue weighted by Gasteiger charge is -1.99. The molecule has 2 aromatic rings. The number of anilines is 1. The number of hydrogen-bond acceptors (Lipinski definition) is 5. The predicted octanol–water partition coefficient (Wildman–Crippen LogP) is 2.87. The average molecular weight is 232 g/mol. The summed E-state index contributed by atoms with van der Waals surface area (Å²) in [5, 5.41) is 7.68. The Hall–Kier alpha value is -0.650. The minimum Gasteiger partial charge on any atom is -0.363 e. The summed E-state index contributed by atoms with van der Waals surface area (Å²) in [6.45, 7) is 0.745. The zero-order valence-electron chi connectivity index (χ0n) is 6.53. The molecule has 0 aliphatic carbocycles. The van der Waals surface area contributed by atoms with Gasteiger partial charge in [0.25, 0.3) is 0 Å². The van der Waals surface area contributed by atoms with Gasteiger partial charge in [0.2, 0.25) is 0 Å². The van der Waals surface area contributed by atoms with Gasteiger partial charge in [0.15, 0.2) is 11.0 Å². The molecule has 0 spiro atoms. The van der Waals surface area contributed by atoms with Gasteiger partial charge in [-0.05, 0) is 22.4 Å². The van der Waals surface area contributed by atoms with Crippen LogP contribution in [0.3, 0.4) is 0 Å². The second-order valence-corrected chi connectivity index (χ2v) is 4.06. The molecule has 0 atom stereocenters. The van der Waals surface area contributed by atoms with Crippen molar-refractivity contribution in [3.05, 3.63) is 27.5 Å². The number of thiophene rings is 1. The lowest BCUT2D eigenvalue weighted by Crippen LogP contribution is -1.98. The fourth-order valence-electron chi connectivity index (χ4n) is 0.862. The summed E-state index contributed by atoms with van der Waals surface area (Å²) in [6.07, 6.45) is 0. The van der Waals surface area contributed by atoms with Gasteiger partial charge in [-0.1, -0.05) is 11.6 Å². The van der Waals surface area contributed by atoms with Crippen LogP contribution < -0.4 is 5.32 Å². The molecule has 0 amide bonds. The standard InChI is InChI=1S/C7H6ClN3S2/c8-6-7(11-13-10-6)9-3-5-1-2-12-4-5/h1-2,4H,3H2,(H,9,11). The fraction of sp³-hybridized carbons (Fsp3) is 0.143. The van der Waals surface area contributed by atoms with Crippen molar-refractivity contribution < 1.29 is 0 Å². The molecule has 0 fully saturated rings. The van der Waals surface area contributed by atoms with Gasteiger partial charge in [-0.25, -0.2) is 0 Å². The van der Waals surface area contributed by atoms with Crippen LogP contribution in [0.2, 0.25) is 5.15 Å². The van der Waals surface area contributed by atoms with Crippen molar-refractivity contribution in [3.8, 4) is 0 Å². The molecule has 0 unspecified atom stereocenters. The molecule has 0 aromatic carbocycles. The third-order valence-electron chi connectivity index (χ3n) is 1.49. The molecule has 1 N–H and O–H groups in total. The van der Waals surface area contributed by atoms with Gasteiger partial charge < -0.3 is 5.32 Å². The normalized spacial score (nSPS) is 10.2. The van der Waals surface area contributed by atoms with Gasteiger partial charge in [-0.15, -0.1) is 0 Å². The molecule has 0 bridgehead atoms. The van der Waals surface area contributed by atoms with Crippen molar-refractivity contribution in [1.29, 1.82) is 0 Å². The highest BCUT2D eigenvalue weighted by Crippen LogP contribution is 2.18. The van der Waals surface area contributed by atoms with Gasteiger partial charge in [0, 0.05) is 6.54 Å². The largest absolute Gasteiger partial charge is 0.363 e. The lowest BCUT2D eigenvalue weighted by atomic mass is 10.3. The van der Waals surface area contributed by atoms with E-state index in [1.54, 1.807) is 11.3 Å². The highest BCUT2D eigenvalue weighted by molar-refractivity contribution is 7.07. The fourth-order valence-corrected chi connectivity index (χ4v) is 2.21. The first kappa shape index (κ1) is 8.93. The van der Waals surface area contributed by atoms with Gasteiger partial charge in [-0.2, -0.15) is 20.1 Å². The lowest BCUT2D eigenvalue weighted by molar-refractivity contribution is 1.14. The quantitative estimate of drug-likeness (QED) is 0.883. The van der Waals surface area contributed by atoms with E-state index in [4.69, 9.17) is 11.6 Å². The van der Waals surface area contributed by atoms with E-state index in [1.165, 1.54) is 5.56 Å². The Bertz CT molecular complexity index is 371. The molecule has 0 radical (unpaired) electrons. The summed E-state index contributed by atoms with van der Waals surface area (Å²) in [5.41, 5.74) is 1.23. The molecule has 2 aromatic heterocycles. The first-order valence-corrected chi connectivity index (χ1v) is 5.64. The third kappa shape index (κ3) is 2.18. The zero-order chi connectivity index (χ0) is 9.10. The summed E-state index contributed by atoms with van der Waals surface area (Å²) >= 11 is 8.54. The van der Waals surface area contributed by atoms with Crippen molar-refractivity contribution in [3.63, 3.8) is 0 Å². The molecule has 6 heteroatoms. The Morgan fingerprint density at radius 1 is 1.46 bits per heavy atom. The first-order valence-electron chi connectivity index (χ1n) is 3.59. The number of nitrogens with zero attached hydrogens (tertiary/aromatic N) is 2. The number of aromatic nitrogens is 2. The summed E-state index contributed by atoms with van der Waals surface area (Å²) < 4.78 is 7.86. The van der Waals surface area contributed by atoms with Crippen molar-refractivity contribution >= 4 is 40.5 Å². The van der Waals surface area contributed by atoms with E-state index in [1.807, 2.05) is 5.38 Å². The van der Waals surface area contributed by atoms with Crippen molar-refractivity contribution in [2.24, 2.45) is 0 Å². The number of rotatable bonds is 3. The Morgan fingerprint density at radius 2 is 2.38 bits per heavy atom. The first-order chi connectivity index (χ1) is 6.36. The minimum absolute atomic E-state index is 0.445. The highest BCUT2D eigenvalue weighted by atomic mass is 35.5. The molecule has 2 rings (SSSR count). The maximum absolute atomic E-state index is 5.76. The van der Waals surface area contributed by atoms with E-state index in [0.717, 1.165) is 18.3 Å². The topological polar surface area (TPSA) is 37.8 Å². The SMILES string of the molecule is Clc1nsnc1NCc1ccsc1. The summed E-state index contributed by atoms with van der Waals surface area (Å²) in [5.74, 6) is 0.665. The van der Waals surface area contributed by atoms with Crippen LogP contribution in [0.4, 0.5) is 5.82 Å². The van der Waals surface area contributed by atoms with E-state index >= 15 is 0 Å². The van der Waals surface area contributed by atoms with E-state index in [-0.39, 0.29) is 0 Å². The van der Waals surface area contributed by atoms with E-state index in [9.17, 15) is 0 Å². The van der Waals surface area contributed by atoms with Gasteiger partial charge >= 0.3 is 0 Å². The number of halogens is 1. The predicted molar refractivity (Wildman–Crippen MR) is 56.6 cm³/mol. The van der Waals surface area contributed by atoms with Crippen molar-refractivity contribution in [2.45, 2.75) is 6.54 Å². The van der Waals surface area contributed by atoms with Crippen LogP contribution in [0.25, 0.3) is 0 Å². The van der Waals surface area contributed by atoms with Crippen LogP contribution in [0.15, 0.2) is 16.8 Å². The molecule has 3 nitrogen and oxygen atoms in total. The van der Waals surface area contributed by atoms with Gasteiger partial charge in [0.05, 0.1) is 11.7 Å². The summed E-state index contributed by atoms with van der Waals surface area (Å²) in [4.78, 5) is 0. The molecule has 0 saturated carbocycles. The Morgan fingerprint density at radius 3 is 3.00 bits per heavy atom. The van der Waals surface area contributed by atoms with E-state index < -0.39 is 0 Å². The number of hydrogen-bond donors (Lipinski definition) is 1. The maximum atomic E-state index is 5.76. The Balaban J connectivity index is 1.97.